The van der Waals surface area contributed by atoms with Crippen molar-refractivity contribution >= 4 is 45.4 Å². The van der Waals surface area contributed by atoms with Crippen LogP contribution in [0, 0.1) is 5.82 Å². The molecule has 10 nitrogen and oxygen atoms in total. The molecule has 0 aliphatic heterocycles. The van der Waals surface area contributed by atoms with E-state index < -0.39 is 0 Å². The number of hydrogen-bond acceptors (Lipinski definition) is 9. The second-order valence-electron chi connectivity index (χ2n) is 9.94. The van der Waals surface area contributed by atoms with E-state index in [4.69, 9.17) is 5.73 Å². The number of thiazole rings is 1. The first-order chi connectivity index (χ1) is 20.3. The standard InChI is InChI=1S/C30H32FN9OS/c1-39(2)15-6-13-33-23-11-10-21(18-22(23)31)36-30-34-14-12-24(37-30)27-26(38-29(32)42-27)19-7-4-8-20(17-19)35-28(41)25-9-5-16-40(25)3/h4-5,7-12,14,16-18,33H,6,13,15H2,1-3H3,(H2,32,38)(H,35,41)(H,34,36,37). The number of nitrogens with two attached hydrogens (primary N) is 1. The molecular weight excluding hydrogens is 553 g/mol. The number of benzene rings is 2. The minimum atomic E-state index is -0.363. The maximum absolute atomic E-state index is 14.7. The lowest BCUT2D eigenvalue weighted by atomic mass is 10.1. The first-order valence-corrected chi connectivity index (χ1v) is 14.2. The van der Waals surface area contributed by atoms with E-state index in [1.54, 1.807) is 35.0 Å². The van der Waals surface area contributed by atoms with Gasteiger partial charge in [0.25, 0.3) is 5.91 Å². The van der Waals surface area contributed by atoms with Crippen molar-refractivity contribution in [2.24, 2.45) is 7.05 Å². The van der Waals surface area contributed by atoms with Gasteiger partial charge >= 0.3 is 0 Å². The number of nitrogen functional groups attached to an aromatic ring is 1. The second kappa shape index (κ2) is 12.8. The second-order valence-corrected chi connectivity index (χ2v) is 11.0. The zero-order valence-electron chi connectivity index (χ0n) is 23.6. The van der Waals surface area contributed by atoms with Gasteiger partial charge in [-0.05, 0) is 75.6 Å². The third kappa shape index (κ3) is 6.90. The fourth-order valence-corrected chi connectivity index (χ4v) is 5.20. The molecule has 216 valence electrons. The van der Waals surface area contributed by atoms with E-state index in [0.717, 1.165) is 23.4 Å². The monoisotopic (exact) mass is 585 g/mol. The Morgan fingerprint density at radius 2 is 1.93 bits per heavy atom. The van der Waals surface area contributed by atoms with Gasteiger partial charge in [-0.2, -0.15) is 0 Å². The molecule has 42 heavy (non-hydrogen) atoms. The molecule has 0 bridgehead atoms. The Morgan fingerprint density at radius 3 is 2.69 bits per heavy atom. The Kier molecular flexibility index (Phi) is 8.74. The van der Waals surface area contributed by atoms with E-state index in [0.29, 0.717) is 51.8 Å². The van der Waals surface area contributed by atoms with Crippen LogP contribution >= 0.6 is 11.3 Å². The third-order valence-corrected chi connectivity index (χ3v) is 7.33. The number of nitrogens with one attached hydrogen (secondary N) is 3. The summed E-state index contributed by atoms with van der Waals surface area (Å²) in [6.07, 6.45) is 4.35. The van der Waals surface area contributed by atoms with Crippen LogP contribution in [0.15, 0.2) is 73.1 Å². The lowest BCUT2D eigenvalue weighted by Crippen LogP contribution is -2.16. The van der Waals surface area contributed by atoms with Crippen molar-refractivity contribution < 1.29 is 9.18 Å². The SMILES string of the molecule is CN(C)CCCNc1ccc(Nc2nccc(-c3sc(N)nc3-c3cccc(NC(=O)c4cccn4C)c3)n2)cc1F. The molecule has 0 radical (unpaired) electrons. The van der Waals surface area contributed by atoms with Gasteiger partial charge in [0, 0.05) is 42.9 Å². The summed E-state index contributed by atoms with van der Waals surface area (Å²) >= 11 is 1.30. The van der Waals surface area contributed by atoms with Crippen molar-refractivity contribution in [2.45, 2.75) is 6.42 Å². The summed E-state index contributed by atoms with van der Waals surface area (Å²) in [5.41, 5.74) is 10.3. The molecule has 1 amide bonds. The molecule has 0 saturated carbocycles. The molecule has 5 N–H and O–H groups in total. The average molecular weight is 586 g/mol. The molecule has 0 unspecified atom stereocenters. The predicted molar refractivity (Wildman–Crippen MR) is 168 cm³/mol. The molecule has 3 heterocycles. The Labute approximate surface area is 247 Å². The zero-order chi connectivity index (χ0) is 29.6. The van der Waals surface area contributed by atoms with Gasteiger partial charge in [0.2, 0.25) is 5.95 Å². The fraction of sp³-hybridized carbons (Fsp3) is 0.200. The number of aryl methyl sites for hydroxylation is 1. The van der Waals surface area contributed by atoms with E-state index in [-0.39, 0.29) is 11.7 Å². The van der Waals surface area contributed by atoms with E-state index in [1.165, 1.54) is 17.4 Å². The maximum atomic E-state index is 14.7. The summed E-state index contributed by atoms with van der Waals surface area (Å²) in [6.45, 7) is 1.60. The summed E-state index contributed by atoms with van der Waals surface area (Å²) < 4.78 is 16.5. The molecular formula is C30H32FN9OS. The van der Waals surface area contributed by atoms with Gasteiger partial charge in [0.05, 0.1) is 22.0 Å². The van der Waals surface area contributed by atoms with Gasteiger partial charge < -0.3 is 31.2 Å². The highest BCUT2D eigenvalue weighted by Crippen LogP contribution is 2.38. The molecule has 0 atom stereocenters. The van der Waals surface area contributed by atoms with Crippen LogP contribution in [0.25, 0.3) is 21.8 Å². The van der Waals surface area contributed by atoms with Gasteiger partial charge in [-0.15, -0.1) is 0 Å². The van der Waals surface area contributed by atoms with Crippen LogP contribution in [0.1, 0.15) is 16.9 Å². The number of rotatable bonds is 11. The van der Waals surface area contributed by atoms with Gasteiger partial charge in [-0.25, -0.2) is 19.3 Å². The van der Waals surface area contributed by atoms with Crippen LogP contribution in [0.2, 0.25) is 0 Å². The molecule has 5 rings (SSSR count). The highest BCUT2D eigenvalue weighted by atomic mass is 32.1. The number of carbonyl (C=O) groups excluding carboxylic acids is 1. The Hall–Kier alpha value is -4.81. The van der Waals surface area contributed by atoms with Gasteiger partial charge in [0.15, 0.2) is 5.13 Å². The average Bonchev–Trinajstić information content (AvgIpc) is 3.57. The van der Waals surface area contributed by atoms with Crippen molar-refractivity contribution in [1.29, 1.82) is 0 Å². The number of amides is 1. The number of hydrogen-bond donors (Lipinski definition) is 4. The van der Waals surface area contributed by atoms with Crippen LogP contribution in [0.3, 0.4) is 0 Å². The topological polar surface area (TPSA) is 126 Å². The maximum Gasteiger partial charge on any atom is 0.272 e. The molecule has 12 heteroatoms. The van der Waals surface area contributed by atoms with Crippen LogP contribution in [0.5, 0.6) is 0 Å². The largest absolute Gasteiger partial charge is 0.383 e. The van der Waals surface area contributed by atoms with Crippen molar-refractivity contribution in [3.63, 3.8) is 0 Å². The molecule has 0 aliphatic carbocycles. The quantitative estimate of drug-likeness (QED) is 0.146. The first-order valence-electron chi connectivity index (χ1n) is 13.3. The summed E-state index contributed by atoms with van der Waals surface area (Å²) in [5, 5.41) is 9.53. The van der Waals surface area contributed by atoms with E-state index in [1.807, 2.05) is 57.7 Å². The number of aromatic nitrogens is 4. The minimum absolute atomic E-state index is 0.214. The highest BCUT2D eigenvalue weighted by Gasteiger charge is 2.17. The Balaban J connectivity index is 1.33. The van der Waals surface area contributed by atoms with Crippen LogP contribution in [-0.4, -0.2) is 57.5 Å². The smallest absolute Gasteiger partial charge is 0.272 e. The Morgan fingerprint density at radius 1 is 1.07 bits per heavy atom. The molecule has 3 aromatic heterocycles. The van der Waals surface area contributed by atoms with Crippen molar-refractivity contribution in [2.75, 3.05) is 48.9 Å². The van der Waals surface area contributed by atoms with Crippen molar-refractivity contribution in [3.8, 4) is 21.8 Å². The summed E-state index contributed by atoms with van der Waals surface area (Å²) in [4.78, 5) is 29.1. The lowest BCUT2D eigenvalue weighted by molar-refractivity contribution is 0.101. The highest BCUT2D eigenvalue weighted by molar-refractivity contribution is 7.19. The van der Waals surface area contributed by atoms with E-state index in [9.17, 15) is 9.18 Å². The zero-order valence-corrected chi connectivity index (χ0v) is 24.4. The summed E-state index contributed by atoms with van der Waals surface area (Å²) in [6, 6.07) is 17.6. The minimum Gasteiger partial charge on any atom is -0.383 e. The van der Waals surface area contributed by atoms with Gasteiger partial charge in [0.1, 0.15) is 11.5 Å². The van der Waals surface area contributed by atoms with E-state index in [2.05, 4.69) is 35.8 Å². The lowest BCUT2D eigenvalue weighted by Gasteiger charge is -2.12. The van der Waals surface area contributed by atoms with Crippen LogP contribution in [-0.2, 0) is 7.05 Å². The molecule has 2 aromatic carbocycles. The molecule has 0 aliphatic rings. The summed E-state index contributed by atoms with van der Waals surface area (Å²) in [5.74, 6) is -0.272. The van der Waals surface area contributed by atoms with Crippen molar-refractivity contribution in [3.05, 3.63) is 84.6 Å². The number of halogens is 1. The molecule has 0 fully saturated rings. The summed E-state index contributed by atoms with van der Waals surface area (Å²) in [7, 11) is 5.84. The van der Waals surface area contributed by atoms with Gasteiger partial charge in [-0.3, -0.25) is 4.79 Å². The fourth-order valence-electron chi connectivity index (χ4n) is 4.37. The predicted octanol–water partition coefficient (Wildman–Crippen LogP) is 5.69. The number of carbonyl (C=O) groups is 1. The molecule has 0 spiro atoms. The molecule has 0 saturated heterocycles. The van der Waals surface area contributed by atoms with Gasteiger partial charge in [-0.1, -0.05) is 23.5 Å². The van der Waals surface area contributed by atoms with Crippen LogP contribution in [0.4, 0.5) is 32.5 Å². The molecule has 5 aromatic rings. The van der Waals surface area contributed by atoms with Crippen molar-refractivity contribution in [1.82, 2.24) is 24.4 Å². The van der Waals surface area contributed by atoms with Crippen LogP contribution < -0.4 is 21.7 Å². The number of nitrogens with zero attached hydrogens (tertiary/aromatic N) is 5. The number of anilines is 5. The normalized spacial score (nSPS) is 11.1. The van der Waals surface area contributed by atoms with E-state index >= 15 is 0 Å². The first kappa shape index (κ1) is 28.7. The third-order valence-electron chi connectivity index (χ3n) is 6.42. The Bertz CT molecular complexity index is 1700.